The van der Waals surface area contributed by atoms with Crippen molar-refractivity contribution in [3.8, 4) is 11.5 Å². The number of ether oxygens (including phenoxy) is 2. The van der Waals surface area contributed by atoms with Crippen LogP contribution in [-0.4, -0.2) is 25.2 Å². The van der Waals surface area contributed by atoms with Gasteiger partial charge in [-0.1, -0.05) is 41.9 Å². The number of nitrogens with one attached hydrogen (secondary N) is 1. The Kier molecular flexibility index (Phi) is 6.83. The highest BCUT2D eigenvalue weighted by atomic mass is 35.5. The van der Waals surface area contributed by atoms with Gasteiger partial charge in [-0.3, -0.25) is 4.79 Å². The largest absolute Gasteiger partial charge is 0.493 e. The van der Waals surface area contributed by atoms with E-state index >= 15 is 0 Å². The van der Waals surface area contributed by atoms with E-state index in [4.69, 9.17) is 21.1 Å². The number of hydrogen-bond donors (Lipinski definition) is 1. The number of hydrogen-bond acceptors (Lipinski definition) is 5. The molecule has 1 N–H and O–H groups in total. The second-order valence-corrected chi connectivity index (χ2v) is 6.70. The molecular formula is C23H19ClN2O4. The molecule has 0 saturated heterocycles. The highest BCUT2D eigenvalue weighted by Crippen LogP contribution is 2.29. The third-order valence-electron chi connectivity index (χ3n) is 4.25. The van der Waals surface area contributed by atoms with Crippen molar-refractivity contribution in [1.82, 2.24) is 5.43 Å². The third kappa shape index (κ3) is 5.04. The van der Waals surface area contributed by atoms with Crippen LogP contribution < -0.4 is 14.9 Å². The molecule has 152 valence electrons. The molecule has 0 heterocycles. The maximum atomic E-state index is 12.4. The summed E-state index contributed by atoms with van der Waals surface area (Å²) in [6, 6.07) is 18.8. The molecule has 3 aromatic rings. The highest BCUT2D eigenvalue weighted by Gasteiger charge is 2.15. The minimum atomic E-state index is -0.592. The number of hydrazone groups is 1. The van der Waals surface area contributed by atoms with Crippen LogP contribution in [0.4, 0.5) is 0 Å². The van der Waals surface area contributed by atoms with Gasteiger partial charge in [0.15, 0.2) is 11.5 Å². The van der Waals surface area contributed by atoms with Gasteiger partial charge in [0.2, 0.25) is 0 Å². The van der Waals surface area contributed by atoms with Gasteiger partial charge in [-0.2, -0.15) is 5.10 Å². The number of nitrogens with zero attached hydrogens (tertiary/aromatic N) is 1. The second-order valence-electron chi connectivity index (χ2n) is 6.29. The Morgan fingerprint density at radius 2 is 1.67 bits per heavy atom. The minimum Gasteiger partial charge on any atom is -0.493 e. The first-order chi connectivity index (χ1) is 14.5. The van der Waals surface area contributed by atoms with E-state index in [1.54, 1.807) is 54.6 Å². The fourth-order valence-corrected chi connectivity index (χ4v) is 2.90. The zero-order valence-corrected chi connectivity index (χ0v) is 17.1. The summed E-state index contributed by atoms with van der Waals surface area (Å²) in [7, 11) is 1.46. The Labute approximate surface area is 179 Å². The summed E-state index contributed by atoms with van der Waals surface area (Å²) < 4.78 is 10.7. The lowest BCUT2D eigenvalue weighted by molar-refractivity contribution is 0.0729. The summed E-state index contributed by atoms with van der Waals surface area (Å²) in [5, 5.41) is 4.28. The molecule has 0 aliphatic rings. The van der Waals surface area contributed by atoms with E-state index in [1.165, 1.54) is 13.3 Å². The number of halogens is 1. The monoisotopic (exact) mass is 422 g/mol. The molecule has 7 heteroatoms. The Hall–Kier alpha value is -3.64. The van der Waals surface area contributed by atoms with Crippen molar-refractivity contribution in [2.45, 2.75) is 6.92 Å². The van der Waals surface area contributed by atoms with Crippen LogP contribution in [0.3, 0.4) is 0 Å². The van der Waals surface area contributed by atoms with Gasteiger partial charge in [-0.05, 0) is 54.4 Å². The van der Waals surface area contributed by atoms with Crippen LogP contribution in [-0.2, 0) is 0 Å². The fourth-order valence-electron chi connectivity index (χ4n) is 2.68. The number of esters is 1. The molecule has 30 heavy (non-hydrogen) atoms. The molecule has 0 radical (unpaired) electrons. The summed E-state index contributed by atoms with van der Waals surface area (Å²) >= 11 is 6.04. The van der Waals surface area contributed by atoms with Gasteiger partial charge in [0.1, 0.15) is 0 Å². The maximum Gasteiger partial charge on any atom is 0.345 e. The van der Waals surface area contributed by atoms with Crippen LogP contribution in [0.15, 0.2) is 71.8 Å². The van der Waals surface area contributed by atoms with Crippen molar-refractivity contribution < 1.29 is 19.1 Å². The lowest BCUT2D eigenvalue weighted by atomic mass is 10.1. The van der Waals surface area contributed by atoms with Crippen molar-refractivity contribution in [1.29, 1.82) is 0 Å². The molecule has 3 aromatic carbocycles. The number of rotatable bonds is 6. The first-order valence-corrected chi connectivity index (χ1v) is 9.41. The molecule has 6 nitrogen and oxygen atoms in total. The second kappa shape index (κ2) is 9.71. The van der Waals surface area contributed by atoms with Gasteiger partial charge in [0, 0.05) is 5.56 Å². The number of amides is 1. The molecule has 0 spiro atoms. The van der Waals surface area contributed by atoms with E-state index in [-0.39, 0.29) is 17.2 Å². The first kappa shape index (κ1) is 21.1. The maximum absolute atomic E-state index is 12.4. The van der Waals surface area contributed by atoms with Crippen LogP contribution in [0.25, 0.3) is 0 Å². The molecule has 0 fully saturated rings. The number of carbonyl (C=O) groups is 2. The highest BCUT2D eigenvalue weighted by molar-refractivity contribution is 6.33. The van der Waals surface area contributed by atoms with Gasteiger partial charge in [0.25, 0.3) is 5.91 Å². The average Bonchev–Trinajstić information content (AvgIpc) is 2.75. The number of aryl methyl sites for hydroxylation is 1. The molecule has 0 atom stereocenters. The SMILES string of the molecule is COc1cc(/C=N/NC(=O)c2ccccc2C)ccc1OC(=O)c1ccccc1Cl. The van der Waals surface area contributed by atoms with Crippen LogP contribution in [0.5, 0.6) is 11.5 Å². The Bertz CT molecular complexity index is 1110. The van der Waals surface area contributed by atoms with Crippen LogP contribution >= 0.6 is 11.6 Å². The molecule has 0 aliphatic carbocycles. The first-order valence-electron chi connectivity index (χ1n) is 9.03. The summed E-state index contributed by atoms with van der Waals surface area (Å²) in [5.74, 6) is -0.319. The van der Waals surface area contributed by atoms with E-state index in [2.05, 4.69) is 10.5 Å². The minimum absolute atomic E-state index is 0.239. The Morgan fingerprint density at radius 1 is 0.967 bits per heavy atom. The van der Waals surface area contributed by atoms with Crippen molar-refractivity contribution in [3.05, 3.63) is 94.0 Å². The lowest BCUT2D eigenvalue weighted by Crippen LogP contribution is -2.18. The van der Waals surface area contributed by atoms with E-state index < -0.39 is 5.97 Å². The third-order valence-corrected chi connectivity index (χ3v) is 4.58. The molecule has 0 aromatic heterocycles. The van der Waals surface area contributed by atoms with Crippen LogP contribution in [0.1, 0.15) is 31.8 Å². The Balaban J connectivity index is 1.70. The molecule has 1 amide bonds. The zero-order chi connectivity index (χ0) is 21.5. The molecule has 0 saturated carbocycles. The summed E-state index contributed by atoms with van der Waals surface area (Å²) in [6.45, 7) is 1.85. The topological polar surface area (TPSA) is 77.0 Å². The van der Waals surface area contributed by atoms with E-state index in [9.17, 15) is 9.59 Å². The predicted molar refractivity (Wildman–Crippen MR) is 116 cm³/mol. The van der Waals surface area contributed by atoms with E-state index in [0.29, 0.717) is 21.9 Å². The predicted octanol–water partition coefficient (Wildman–Crippen LogP) is 4.64. The smallest absolute Gasteiger partial charge is 0.345 e. The number of methoxy groups -OCH3 is 1. The van der Waals surface area contributed by atoms with Gasteiger partial charge in [-0.25, -0.2) is 10.2 Å². The summed E-state index contributed by atoms with van der Waals surface area (Å²) in [6.07, 6.45) is 1.47. The van der Waals surface area contributed by atoms with Gasteiger partial charge in [0.05, 0.1) is 23.9 Å². The standard InChI is InChI=1S/C23H19ClN2O4/c1-15-7-3-4-8-17(15)22(27)26-25-14-16-11-12-20(21(13-16)29-2)30-23(28)18-9-5-6-10-19(18)24/h3-14H,1-2H3,(H,26,27)/b25-14+. The van der Waals surface area contributed by atoms with Gasteiger partial charge < -0.3 is 9.47 Å². The fraction of sp³-hybridized carbons (Fsp3) is 0.0870. The Morgan fingerprint density at radius 3 is 2.37 bits per heavy atom. The molecule has 0 bridgehead atoms. The van der Waals surface area contributed by atoms with Crippen molar-refractivity contribution in [2.75, 3.05) is 7.11 Å². The summed E-state index contributed by atoms with van der Waals surface area (Å²) in [5.41, 5.74) is 4.80. The molecule has 0 aliphatic heterocycles. The summed E-state index contributed by atoms with van der Waals surface area (Å²) in [4.78, 5) is 24.6. The van der Waals surface area contributed by atoms with Crippen molar-refractivity contribution in [2.24, 2.45) is 5.10 Å². The van der Waals surface area contributed by atoms with Crippen LogP contribution in [0, 0.1) is 6.92 Å². The average molecular weight is 423 g/mol. The van der Waals surface area contributed by atoms with Gasteiger partial charge in [-0.15, -0.1) is 0 Å². The molecule has 0 unspecified atom stereocenters. The molecule has 3 rings (SSSR count). The molecular weight excluding hydrogens is 404 g/mol. The van der Waals surface area contributed by atoms with Crippen LogP contribution in [0.2, 0.25) is 5.02 Å². The van der Waals surface area contributed by atoms with Crippen molar-refractivity contribution >= 4 is 29.7 Å². The normalized spacial score (nSPS) is 10.6. The van der Waals surface area contributed by atoms with Gasteiger partial charge >= 0.3 is 5.97 Å². The zero-order valence-electron chi connectivity index (χ0n) is 16.4. The van der Waals surface area contributed by atoms with Crippen molar-refractivity contribution in [3.63, 3.8) is 0 Å². The number of benzene rings is 3. The number of carbonyl (C=O) groups excluding carboxylic acids is 2. The van der Waals surface area contributed by atoms with E-state index in [0.717, 1.165) is 5.56 Å². The quantitative estimate of drug-likeness (QED) is 0.272. The van der Waals surface area contributed by atoms with E-state index in [1.807, 2.05) is 19.1 Å². The lowest BCUT2D eigenvalue weighted by Gasteiger charge is -2.10.